The van der Waals surface area contributed by atoms with Crippen LogP contribution < -0.4 is 11.1 Å². The first-order valence-electron chi connectivity index (χ1n) is 6.98. The summed E-state index contributed by atoms with van der Waals surface area (Å²) in [4.78, 5) is -0.372. The third-order valence-corrected chi connectivity index (χ3v) is 5.31. The Hall–Kier alpha value is -1.21. The second-order valence-electron chi connectivity index (χ2n) is 5.61. The molecule has 0 aliphatic heterocycles. The van der Waals surface area contributed by atoms with Crippen LogP contribution in [0.25, 0.3) is 0 Å². The topological polar surface area (TPSA) is 72.2 Å². The Balaban J connectivity index is 2.00. The Kier molecular flexibility index (Phi) is 4.83. The third kappa shape index (κ3) is 3.91. The second kappa shape index (κ2) is 6.27. The average Bonchev–Trinajstić information content (AvgIpc) is 2.46. The molecule has 0 amide bonds. The zero-order valence-corrected chi connectivity index (χ0v) is 12.5. The van der Waals surface area contributed by atoms with Crippen molar-refractivity contribution in [3.05, 3.63) is 24.3 Å². The molecule has 1 aliphatic rings. The molecule has 4 nitrogen and oxygen atoms in total. The van der Waals surface area contributed by atoms with Crippen LogP contribution in [0.3, 0.4) is 0 Å². The molecular formula is C14H20F2N2O2S. The molecule has 21 heavy (non-hydrogen) atoms. The number of hydrogen-bond donors (Lipinski definition) is 2. The molecule has 0 bridgehead atoms. The van der Waals surface area contributed by atoms with E-state index < -0.39 is 15.6 Å². The first-order chi connectivity index (χ1) is 9.83. The quantitative estimate of drug-likeness (QED) is 0.875. The fraction of sp³-hybridized carbons (Fsp3) is 0.571. The molecule has 1 aromatic rings. The SMILES string of the molecule is NC1(CNc2ccc(S(=O)(=O)C(F)F)cc2)CCCCC1. The van der Waals surface area contributed by atoms with Gasteiger partial charge in [0.25, 0.3) is 0 Å². The Morgan fingerprint density at radius 2 is 1.71 bits per heavy atom. The Bertz CT molecular complexity index is 567. The van der Waals surface area contributed by atoms with Crippen molar-refractivity contribution in [2.75, 3.05) is 11.9 Å². The molecule has 1 aliphatic carbocycles. The lowest BCUT2D eigenvalue weighted by atomic mass is 9.82. The summed E-state index contributed by atoms with van der Waals surface area (Å²) in [7, 11) is -4.53. The highest BCUT2D eigenvalue weighted by atomic mass is 32.2. The van der Waals surface area contributed by atoms with Crippen molar-refractivity contribution in [3.63, 3.8) is 0 Å². The predicted octanol–water partition coefficient (Wildman–Crippen LogP) is 2.76. The van der Waals surface area contributed by atoms with Crippen molar-refractivity contribution in [1.29, 1.82) is 0 Å². The number of halogens is 2. The minimum absolute atomic E-state index is 0.244. The molecule has 1 saturated carbocycles. The molecule has 1 aromatic carbocycles. The van der Waals surface area contributed by atoms with Gasteiger partial charge in [-0.3, -0.25) is 0 Å². The molecule has 0 radical (unpaired) electrons. The minimum atomic E-state index is -4.53. The number of sulfone groups is 1. The normalized spacial score (nSPS) is 18.7. The van der Waals surface area contributed by atoms with Gasteiger partial charge in [0.15, 0.2) is 0 Å². The van der Waals surface area contributed by atoms with Crippen LogP contribution in [0.4, 0.5) is 14.5 Å². The lowest BCUT2D eigenvalue weighted by Crippen LogP contribution is -2.47. The summed E-state index contributed by atoms with van der Waals surface area (Å²) in [6.45, 7) is 0.591. The maximum absolute atomic E-state index is 12.4. The minimum Gasteiger partial charge on any atom is -0.383 e. The van der Waals surface area contributed by atoms with Crippen LogP contribution in [0, 0.1) is 0 Å². The van der Waals surface area contributed by atoms with Crippen LogP contribution in [0.1, 0.15) is 32.1 Å². The molecule has 3 N–H and O–H groups in total. The maximum Gasteiger partial charge on any atom is 0.341 e. The fourth-order valence-corrected chi connectivity index (χ4v) is 3.30. The number of anilines is 1. The number of nitrogens with one attached hydrogen (secondary N) is 1. The highest BCUT2D eigenvalue weighted by Crippen LogP contribution is 2.26. The van der Waals surface area contributed by atoms with Crippen molar-refractivity contribution in [2.45, 2.75) is 48.3 Å². The average molecular weight is 318 g/mol. The van der Waals surface area contributed by atoms with E-state index in [2.05, 4.69) is 5.32 Å². The van der Waals surface area contributed by atoms with E-state index in [-0.39, 0.29) is 10.4 Å². The first-order valence-corrected chi connectivity index (χ1v) is 8.53. The van der Waals surface area contributed by atoms with Crippen molar-refractivity contribution < 1.29 is 17.2 Å². The third-order valence-electron chi connectivity index (χ3n) is 3.91. The number of benzene rings is 1. The highest BCUT2D eigenvalue weighted by Gasteiger charge is 2.28. The van der Waals surface area contributed by atoms with Crippen LogP contribution in [0.5, 0.6) is 0 Å². The van der Waals surface area contributed by atoms with Crippen molar-refractivity contribution >= 4 is 15.5 Å². The van der Waals surface area contributed by atoms with Gasteiger partial charge in [-0.1, -0.05) is 19.3 Å². The first kappa shape index (κ1) is 16.2. The summed E-state index contributed by atoms with van der Waals surface area (Å²) in [5.41, 5.74) is 6.72. The van der Waals surface area contributed by atoms with Gasteiger partial charge in [-0.15, -0.1) is 0 Å². The van der Waals surface area contributed by atoms with Gasteiger partial charge in [-0.25, -0.2) is 8.42 Å². The molecule has 0 atom stereocenters. The van der Waals surface area contributed by atoms with E-state index in [1.807, 2.05) is 0 Å². The van der Waals surface area contributed by atoms with E-state index in [9.17, 15) is 17.2 Å². The predicted molar refractivity (Wildman–Crippen MR) is 78.1 cm³/mol. The van der Waals surface area contributed by atoms with E-state index in [4.69, 9.17) is 5.73 Å². The van der Waals surface area contributed by atoms with Crippen LogP contribution >= 0.6 is 0 Å². The molecule has 0 unspecified atom stereocenters. The Morgan fingerprint density at radius 1 is 1.14 bits per heavy atom. The van der Waals surface area contributed by atoms with Crippen LogP contribution in [0.15, 0.2) is 29.2 Å². The largest absolute Gasteiger partial charge is 0.383 e. The summed E-state index contributed by atoms with van der Waals surface area (Å²) in [6.07, 6.45) is 5.35. The molecule has 0 spiro atoms. The molecule has 1 fully saturated rings. The van der Waals surface area contributed by atoms with Gasteiger partial charge in [-0.05, 0) is 37.1 Å². The van der Waals surface area contributed by atoms with Gasteiger partial charge in [0.2, 0.25) is 9.84 Å². The standard InChI is InChI=1S/C14H20F2N2O2S/c15-13(16)21(19,20)12-6-4-11(5-7-12)18-10-14(17)8-2-1-3-9-14/h4-7,13,18H,1-3,8-10,17H2. The zero-order valence-electron chi connectivity index (χ0n) is 11.7. The number of rotatable bonds is 5. The molecule has 7 heteroatoms. The van der Waals surface area contributed by atoms with Crippen molar-refractivity contribution in [2.24, 2.45) is 5.73 Å². The number of hydrogen-bond acceptors (Lipinski definition) is 4. The fourth-order valence-electron chi connectivity index (χ4n) is 2.58. The lowest BCUT2D eigenvalue weighted by Gasteiger charge is -2.33. The summed E-state index contributed by atoms with van der Waals surface area (Å²) in [6, 6.07) is 5.35. The number of alkyl halides is 2. The maximum atomic E-state index is 12.4. The molecule has 0 aromatic heterocycles. The summed E-state index contributed by atoms with van der Waals surface area (Å²) in [5.74, 6) is -3.40. The lowest BCUT2D eigenvalue weighted by molar-refractivity contribution is 0.234. The Labute approximate surface area is 123 Å². The van der Waals surface area contributed by atoms with E-state index in [0.29, 0.717) is 12.2 Å². The van der Waals surface area contributed by atoms with E-state index in [1.165, 1.54) is 30.7 Å². The van der Waals surface area contributed by atoms with Gasteiger partial charge in [0, 0.05) is 17.8 Å². The van der Waals surface area contributed by atoms with Gasteiger partial charge in [-0.2, -0.15) is 8.78 Å². The van der Waals surface area contributed by atoms with E-state index >= 15 is 0 Å². The smallest absolute Gasteiger partial charge is 0.341 e. The van der Waals surface area contributed by atoms with Gasteiger partial charge < -0.3 is 11.1 Å². The Morgan fingerprint density at radius 3 is 2.24 bits per heavy atom. The zero-order chi connectivity index (χ0) is 15.5. The van der Waals surface area contributed by atoms with Crippen LogP contribution in [0.2, 0.25) is 0 Å². The molecule has 0 heterocycles. The number of nitrogens with two attached hydrogens (primary N) is 1. The van der Waals surface area contributed by atoms with E-state index in [1.54, 1.807) is 0 Å². The monoisotopic (exact) mass is 318 g/mol. The van der Waals surface area contributed by atoms with Crippen molar-refractivity contribution in [1.82, 2.24) is 0 Å². The summed E-state index contributed by atoms with van der Waals surface area (Å²) >= 11 is 0. The molecule has 118 valence electrons. The second-order valence-corrected chi connectivity index (χ2v) is 7.52. The summed E-state index contributed by atoms with van der Waals surface area (Å²) in [5, 5.41) is 3.16. The van der Waals surface area contributed by atoms with Crippen LogP contribution in [-0.4, -0.2) is 26.3 Å². The molecular weight excluding hydrogens is 298 g/mol. The van der Waals surface area contributed by atoms with Crippen molar-refractivity contribution in [3.8, 4) is 0 Å². The van der Waals surface area contributed by atoms with E-state index in [0.717, 1.165) is 25.7 Å². The highest BCUT2D eigenvalue weighted by molar-refractivity contribution is 7.91. The van der Waals surface area contributed by atoms with Gasteiger partial charge >= 0.3 is 5.76 Å². The molecule has 2 rings (SSSR count). The van der Waals surface area contributed by atoms with Gasteiger partial charge in [0.05, 0.1) is 4.90 Å². The van der Waals surface area contributed by atoms with Crippen LogP contribution in [-0.2, 0) is 9.84 Å². The van der Waals surface area contributed by atoms with Gasteiger partial charge in [0.1, 0.15) is 0 Å². The molecule has 0 saturated heterocycles. The summed E-state index contributed by atoms with van der Waals surface area (Å²) < 4.78 is 47.5.